The molecule has 1 amide bonds. The summed E-state index contributed by atoms with van der Waals surface area (Å²) in [4.78, 5) is 11.3. The number of amides is 1. The monoisotopic (exact) mass is 277 g/mol. The average molecular weight is 277 g/mol. The first-order chi connectivity index (χ1) is 9.29. The molecule has 4 rings (SSSR count). The molecule has 5 atom stereocenters. The Morgan fingerprint density at radius 1 is 1.45 bits per heavy atom. The van der Waals surface area contributed by atoms with Gasteiger partial charge in [0.1, 0.15) is 0 Å². The molecule has 3 saturated carbocycles. The van der Waals surface area contributed by atoms with Crippen molar-refractivity contribution in [3.05, 3.63) is 12.7 Å². The van der Waals surface area contributed by atoms with Crippen molar-refractivity contribution in [3.63, 3.8) is 0 Å². The van der Waals surface area contributed by atoms with Gasteiger partial charge in [0.15, 0.2) is 0 Å². The van der Waals surface area contributed by atoms with Crippen molar-refractivity contribution in [2.24, 2.45) is 17.3 Å². The molecule has 0 aromatic carbocycles. The third-order valence-corrected chi connectivity index (χ3v) is 5.89. The van der Waals surface area contributed by atoms with Gasteiger partial charge in [-0.05, 0) is 37.0 Å². The van der Waals surface area contributed by atoms with Gasteiger partial charge in [-0.15, -0.1) is 6.58 Å². The summed E-state index contributed by atoms with van der Waals surface area (Å²) in [6.07, 6.45) is 4.12. The van der Waals surface area contributed by atoms with Crippen molar-refractivity contribution in [3.8, 4) is 0 Å². The van der Waals surface area contributed by atoms with E-state index in [1.165, 1.54) is 13.3 Å². The van der Waals surface area contributed by atoms with Crippen LogP contribution in [0.5, 0.6) is 0 Å². The predicted octanol–water partition coefficient (Wildman–Crippen LogP) is 1.94. The Bertz CT molecular complexity index is 452. The number of rotatable bonds is 3. The van der Waals surface area contributed by atoms with E-state index in [2.05, 4.69) is 32.7 Å². The fourth-order valence-corrected chi connectivity index (χ4v) is 4.52. The van der Waals surface area contributed by atoms with Gasteiger partial charge in [0.2, 0.25) is 5.91 Å². The van der Waals surface area contributed by atoms with Crippen LogP contribution in [0.2, 0.25) is 0 Å². The van der Waals surface area contributed by atoms with Gasteiger partial charge in [0.25, 0.3) is 0 Å². The highest BCUT2D eigenvalue weighted by atomic mass is 16.7. The van der Waals surface area contributed by atoms with E-state index in [0.29, 0.717) is 11.3 Å². The number of hydrogen-bond acceptors (Lipinski definition) is 3. The third-order valence-electron chi connectivity index (χ3n) is 5.89. The van der Waals surface area contributed by atoms with E-state index in [4.69, 9.17) is 9.31 Å². The Morgan fingerprint density at radius 2 is 2.15 bits per heavy atom. The molecule has 20 heavy (non-hydrogen) atoms. The van der Waals surface area contributed by atoms with Crippen LogP contribution in [0.25, 0.3) is 0 Å². The lowest BCUT2D eigenvalue weighted by atomic mass is 9.43. The zero-order valence-electron chi connectivity index (χ0n) is 12.8. The van der Waals surface area contributed by atoms with Crippen LogP contribution in [0.1, 0.15) is 40.5 Å². The molecule has 1 N–H and O–H groups in total. The molecule has 110 valence electrons. The van der Waals surface area contributed by atoms with Gasteiger partial charge in [-0.1, -0.05) is 19.9 Å². The first-order valence-electron chi connectivity index (χ1n) is 7.52. The summed E-state index contributed by atoms with van der Waals surface area (Å²) in [5.41, 5.74) is 0.101. The standard InChI is InChI=1S/C15H24BNO3/c1-6-13(17-9(2)18)16-19-12-8-10-7-11(14(10,3)4)15(12,5)20-16/h6,10-13H,1,7-8H2,2-5H3,(H,17,18)/t10-,11-,12+,13-,15-/m0/s1. The Hall–Kier alpha value is -0.805. The third kappa shape index (κ3) is 1.79. The minimum atomic E-state index is -0.415. The molecule has 2 bridgehead atoms. The van der Waals surface area contributed by atoms with Gasteiger partial charge >= 0.3 is 7.12 Å². The second-order valence-electron chi connectivity index (χ2n) is 7.30. The Balaban J connectivity index is 1.78. The first kappa shape index (κ1) is 14.1. The normalized spacial score (nSPS) is 42.4. The molecule has 0 aromatic heterocycles. The minimum Gasteiger partial charge on any atom is -0.404 e. The van der Waals surface area contributed by atoms with E-state index in [9.17, 15) is 4.79 Å². The Morgan fingerprint density at radius 3 is 2.70 bits per heavy atom. The number of carbonyl (C=O) groups is 1. The molecule has 1 aliphatic heterocycles. The SMILES string of the molecule is C=C[C@H](NC(C)=O)B1O[C@@H]2C[C@@H]3C[C@@H](C3(C)C)[C@]2(C)O1. The summed E-state index contributed by atoms with van der Waals surface area (Å²) in [5, 5.41) is 2.84. The van der Waals surface area contributed by atoms with Crippen LogP contribution in [0.4, 0.5) is 0 Å². The second-order valence-corrected chi connectivity index (χ2v) is 7.30. The van der Waals surface area contributed by atoms with Crippen LogP contribution in [0.3, 0.4) is 0 Å². The molecular weight excluding hydrogens is 253 g/mol. The van der Waals surface area contributed by atoms with Crippen LogP contribution in [0, 0.1) is 17.3 Å². The maximum atomic E-state index is 11.3. The average Bonchev–Trinajstić information content (AvgIpc) is 2.71. The van der Waals surface area contributed by atoms with E-state index in [0.717, 1.165) is 12.3 Å². The molecule has 1 saturated heterocycles. The molecule has 4 aliphatic rings. The van der Waals surface area contributed by atoms with Crippen molar-refractivity contribution in [2.45, 2.75) is 58.2 Å². The lowest BCUT2D eigenvalue weighted by Gasteiger charge is -2.64. The van der Waals surface area contributed by atoms with Crippen LogP contribution in [-0.2, 0) is 14.1 Å². The van der Waals surface area contributed by atoms with Gasteiger partial charge in [0, 0.05) is 6.92 Å². The molecule has 4 nitrogen and oxygen atoms in total. The Kier molecular flexibility index (Phi) is 3.07. The van der Waals surface area contributed by atoms with Crippen LogP contribution >= 0.6 is 0 Å². The summed E-state index contributed by atoms with van der Waals surface area (Å²) >= 11 is 0. The van der Waals surface area contributed by atoms with Crippen LogP contribution < -0.4 is 5.32 Å². The summed E-state index contributed by atoms with van der Waals surface area (Å²) in [6.45, 7) is 12.1. The van der Waals surface area contributed by atoms with Crippen molar-refractivity contribution in [2.75, 3.05) is 0 Å². The fraction of sp³-hybridized carbons (Fsp3) is 0.800. The minimum absolute atomic E-state index is 0.0910. The Labute approximate surface area is 121 Å². The molecule has 1 heterocycles. The number of nitrogens with one attached hydrogen (secondary N) is 1. The highest BCUT2D eigenvalue weighted by molar-refractivity contribution is 6.48. The van der Waals surface area contributed by atoms with Crippen molar-refractivity contribution in [1.82, 2.24) is 5.32 Å². The van der Waals surface area contributed by atoms with Gasteiger partial charge in [-0.2, -0.15) is 0 Å². The highest BCUT2D eigenvalue weighted by Gasteiger charge is 2.68. The first-order valence-corrected chi connectivity index (χ1v) is 7.52. The molecule has 5 heteroatoms. The largest absolute Gasteiger partial charge is 0.485 e. The molecular formula is C15H24BNO3. The van der Waals surface area contributed by atoms with E-state index >= 15 is 0 Å². The summed E-state index contributed by atoms with van der Waals surface area (Å²) in [6, 6.07) is 0. The zero-order valence-corrected chi connectivity index (χ0v) is 12.8. The molecule has 3 aliphatic carbocycles. The lowest BCUT2D eigenvalue weighted by molar-refractivity contribution is -0.199. The quantitative estimate of drug-likeness (QED) is 0.633. The zero-order chi connectivity index (χ0) is 14.7. The predicted molar refractivity (Wildman–Crippen MR) is 77.9 cm³/mol. The maximum Gasteiger partial charge on any atom is 0.485 e. The maximum absolute atomic E-state index is 11.3. The van der Waals surface area contributed by atoms with Gasteiger partial charge in [-0.3, -0.25) is 4.79 Å². The van der Waals surface area contributed by atoms with Crippen LogP contribution in [0.15, 0.2) is 12.7 Å². The topological polar surface area (TPSA) is 47.6 Å². The van der Waals surface area contributed by atoms with Gasteiger partial charge in [-0.25, -0.2) is 0 Å². The lowest BCUT2D eigenvalue weighted by Crippen LogP contribution is -2.65. The molecule has 4 fully saturated rings. The van der Waals surface area contributed by atoms with Crippen molar-refractivity contribution in [1.29, 1.82) is 0 Å². The summed E-state index contributed by atoms with van der Waals surface area (Å²) in [5.74, 6) is 0.893. The van der Waals surface area contributed by atoms with Crippen LogP contribution in [-0.4, -0.2) is 30.7 Å². The van der Waals surface area contributed by atoms with Crippen molar-refractivity contribution >= 4 is 13.0 Å². The van der Waals surface area contributed by atoms with Crippen molar-refractivity contribution < 1.29 is 14.1 Å². The fourth-order valence-electron chi connectivity index (χ4n) is 4.52. The molecule has 0 radical (unpaired) electrons. The smallest absolute Gasteiger partial charge is 0.404 e. The van der Waals surface area contributed by atoms with E-state index in [1.54, 1.807) is 6.08 Å². The van der Waals surface area contributed by atoms with Gasteiger partial charge in [0.05, 0.1) is 17.6 Å². The van der Waals surface area contributed by atoms with E-state index in [1.807, 2.05) is 0 Å². The highest BCUT2D eigenvalue weighted by Crippen LogP contribution is 2.65. The molecule has 0 unspecified atom stereocenters. The molecule has 0 aromatic rings. The second kappa shape index (κ2) is 4.34. The van der Waals surface area contributed by atoms with Gasteiger partial charge < -0.3 is 14.6 Å². The van der Waals surface area contributed by atoms with E-state index in [-0.39, 0.29) is 23.6 Å². The summed E-state index contributed by atoms with van der Waals surface area (Å²) in [7, 11) is -0.415. The number of hydrogen-bond donors (Lipinski definition) is 1. The summed E-state index contributed by atoms with van der Waals surface area (Å²) < 4.78 is 12.4. The van der Waals surface area contributed by atoms with E-state index < -0.39 is 7.12 Å². The number of carbonyl (C=O) groups excluding carboxylic acids is 1. The molecule has 0 spiro atoms.